The van der Waals surface area contributed by atoms with Crippen LogP contribution in [-0.4, -0.2) is 18.1 Å². The van der Waals surface area contributed by atoms with Gasteiger partial charge in [0.15, 0.2) is 0 Å². The van der Waals surface area contributed by atoms with Crippen molar-refractivity contribution in [1.29, 1.82) is 0 Å². The molecule has 2 N–H and O–H groups in total. The summed E-state index contributed by atoms with van der Waals surface area (Å²) < 4.78 is 5.85. The van der Waals surface area contributed by atoms with Crippen molar-refractivity contribution < 1.29 is 4.74 Å². The highest BCUT2D eigenvalue weighted by atomic mass is 35.5. The molecular formula is C23H25ClN2O. The van der Waals surface area contributed by atoms with Gasteiger partial charge in [0.25, 0.3) is 0 Å². The quantitative estimate of drug-likeness (QED) is 0.419. The molecule has 4 rings (SSSR count). The molecule has 3 aromatic rings. The molecule has 2 aromatic carbocycles. The summed E-state index contributed by atoms with van der Waals surface area (Å²) in [6, 6.07) is 14.7. The molecule has 1 aliphatic rings. The zero-order valence-corrected chi connectivity index (χ0v) is 16.4. The normalized spacial score (nSPS) is 16.3. The van der Waals surface area contributed by atoms with E-state index in [9.17, 15) is 0 Å². The number of nitrogens with one attached hydrogen (secondary N) is 2. The van der Waals surface area contributed by atoms with E-state index in [-0.39, 0.29) is 6.04 Å². The fourth-order valence-corrected chi connectivity index (χ4v) is 3.98. The lowest BCUT2D eigenvalue weighted by Gasteiger charge is -2.25. The second-order valence-electron chi connectivity index (χ2n) is 7.32. The van der Waals surface area contributed by atoms with Gasteiger partial charge < -0.3 is 15.0 Å². The van der Waals surface area contributed by atoms with Crippen LogP contribution in [0.5, 0.6) is 5.75 Å². The molecule has 3 nitrogen and oxygen atoms in total. The van der Waals surface area contributed by atoms with E-state index in [2.05, 4.69) is 60.2 Å². The molecule has 0 fully saturated rings. The van der Waals surface area contributed by atoms with Gasteiger partial charge in [0.05, 0.1) is 12.6 Å². The van der Waals surface area contributed by atoms with Gasteiger partial charge in [-0.1, -0.05) is 29.3 Å². The van der Waals surface area contributed by atoms with E-state index in [1.807, 2.05) is 6.07 Å². The highest BCUT2D eigenvalue weighted by Crippen LogP contribution is 2.35. The molecular weight excluding hydrogens is 356 g/mol. The van der Waals surface area contributed by atoms with E-state index < -0.39 is 0 Å². The Hall–Kier alpha value is -2.23. The summed E-state index contributed by atoms with van der Waals surface area (Å²) in [7, 11) is 0. The Morgan fingerprint density at radius 1 is 1.22 bits per heavy atom. The molecule has 140 valence electrons. The van der Waals surface area contributed by atoms with Gasteiger partial charge in [-0.2, -0.15) is 0 Å². The van der Waals surface area contributed by atoms with Crippen molar-refractivity contribution in [3.05, 3.63) is 76.5 Å². The predicted octanol–water partition coefficient (Wildman–Crippen LogP) is 5.79. The maximum absolute atomic E-state index is 6.21. The Bertz CT molecular complexity index is 958. The maximum atomic E-state index is 6.21. The number of allylic oxidation sites excluding steroid dienone is 1. The number of halogens is 1. The van der Waals surface area contributed by atoms with E-state index in [1.165, 1.54) is 27.8 Å². The Morgan fingerprint density at radius 3 is 2.81 bits per heavy atom. The van der Waals surface area contributed by atoms with E-state index in [0.717, 1.165) is 48.7 Å². The molecule has 0 radical (unpaired) electrons. The topological polar surface area (TPSA) is 37.0 Å². The first kappa shape index (κ1) is 18.1. The van der Waals surface area contributed by atoms with Crippen LogP contribution in [0.4, 0.5) is 0 Å². The van der Waals surface area contributed by atoms with Crippen LogP contribution in [0.2, 0.25) is 5.02 Å². The highest BCUT2D eigenvalue weighted by molar-refractivity contribution is 6.31. The number of ether oxygens (including phenoxy) is 1. The Balaban J connectivity index is 1.53. The molecule has 1 aromatic heterocycles. The number of rotatable bonds is 6. The fourth-order valence-electron chi connectivity index (χ4n) is 3.81. The molecule has 1 unspecified atom stereocenters. The molecule has 1 aliphatic heterocycles. The summed E-state index contributed by atoms with van der Waals surface area (Å²) in [5, 5.41) is 5.66. The largest absolute Gasteiger partial charge is 0.494 e. The summed E-state index contributed by atoms with van der Waals surface area (Å²) >= 11 is 6.21. The fraction of sp³-hybridized carbons (Fsp3) is 0.304. The molecule has 4 heteroatoms. The SMILES string of the molecule is C=C(C)CCCOc1ccc(C2NCCc3c2[nH]c2ccc(Cl)cc32)cc1. The third-order valence-corrected chi connectivity index (χ3v) is 5.38. The Morgan fingerprint density at radius 2 is 2.04 bits per heavy atom. The smallest absolute Gasteiger partial charge is 0.119 e. The average Bonchev–Trinajstić information content (AvgIpc) is 3.03. The molecule has 0 saturated carbocycles. The van der Waals surface area contributed by atoms with Gasteiger partial charge in [-0.15, -0.1) is 6.58 Å². The van der Waals surface area contributed by atoms with Gasteiger partial charge in [0.2, 0.25) is 0 Å². The summed E-state index contributed by atoms with van der Waals surface area (Å²) in [6.07, 6.45) is 3.02. The van der Waals surface area contributed by atoms with E-state index in [0.29, 0.717) is 0 Å². The van der Waals surface area contributed by atoms with E-state index in [1.54, 1.807) is 0 Å². The number of H-pyrrole nitrogens is 1. The van der Waals surface area contributed by atoms with Crippen LogP contribution in [0, 0.1) is 0 Å². The van der Waals surface area contributed by atoms with Gasteiger partial charge in [-0.25, -0.2) is 0 Å². The number of aromatic amines is 1. The van der Waals surface area contributed by atoms with Crippen LogP contribution in [0.25, 0.3) is 10.9 Å². The van der Waals surface area contributed by atoms with Gasteiger partial charge in [0.1, 0.15) is 5.75 Å². The van der Waals surface area contributed by atoms with Crippen LogP contribution < -0.4 is 10.1 Å². The lowest BCUT2D eigenvalue weighted by Crippen LogP contribution is -2.30. The van der Waals surface area contributed by atoms with E-state index >= 15 is 0 Å². The number of fused-ring (bicyclic) bond motifs is 3. The van der Waals surface area contributed by atoms with Crippen molar-refractivity contribution in [1.82, 2.24) is 10.3 Å². The van der Waals surface area contributed by atoms with Crippen molar-refractivity contribution in [2.75, 3.05) is 13.2 Å². The van der Waals surface area contributed by atoms with Crippen LogP contribution >= 0.6 is 11.6 Å². The van der Waals surface area contributed by atoms with Gasteiger partial charge in [0, 0.05) is 28.2 Å². The Labute approximate surface area is 165 Å². The third-order valence-electron chi connectivity index (χ3n) is 5.14. The number of aromatic nitrogens is 1. The first-order chi connectivity index (χ1) is 13.1. The third kappa shape index (κ3) is 3.90. The van der Waals surface area contributed by atoms with Crippen molar-refractivity contribution >= 4 is 22.5 Å². The summed E-state index contributed by atoms with van der Waals surface area (Å²) in [6.45, 7) is 7.66. The van der Waals surface area contributed by atoms with Crippen LogP contribution in [0.1, 0.15) is 42.6 Å². The van der Waals surface area contributed by atoms with Crippen molar-refractivity contribution in [2.24, 2.45) is 0 Å². The van der Waals surface area contributed by atoms with Gasteiger partial charge >= 0.3 is 0 Å². The van der Waals surface area contributed by atoms with Crippen molar-refractivity contribution in [3.63, 3.8) is 0 Å². The van der Waals surface area contributed by atoms with Gasteiger partial charge in [-0.3, -0.25) is 0 Å². The summed E-state index contributed by atoms with van der Waals surface area (Å²) in [5.74, 6) is 0.917. The van der Waals surface area contributed by atoms with Crippen LogP contribution in [-0.2, 0) is 6.42 Å². The number of hydrogen-bond donors (Lipinski definition) is 2. The Kier molecular flexibility index (Phi) is 5.24. The number of hydrogen-bond acceptors (Lipinski definition) is 2. The molecule has 0 aliphatic carbocycles. The zero-order chi connectivity index (χ0) is 18.8. The summed E-state index contributed by atoms with van der Waals surface area (Å²) in [5.41, 5.74) is 6.20. The van der Waals surface area contributed by atoms with Gasteiger partial charge in [-0.05, 0) is 67.6 Å². The first-order valence-corrected chi connectivity index (χ1v) is 9.90. The number of benzene rings is 2. The molecule has 27 heavy (non-hydrogen) atoms. The van der Waals surface area contributed by atoms with Crippen molar-refractivity contribution in [2.45, 2.75) is 32.2 Å². The summed E-state index contributed by atoms with van der Waals surface area (Å²) in [4.78, 5) is 3.60. The lowest BCUT2D eigenvalue weighted by molar-refractivity contribution is 0.311. The predicted molar refractivity (Wildman–Crippen MR) is 113 cm³/mol. The molecule has 1 atom stereocenters. The zero-order valence-electron chi connectivity index (χ0n) is 15.6. The minimum atomic E-state index is 0.164. The van der Waals surface area contributed by atoms with E-state index in [4.69, 9.17) is 16.3 Å². The van der Waals surface area contributed by atoms with Crippen LogP contribution in [0.3, 0.4) is 0 Å². The second-order valence-corrected chi connectivity index (χ2v) is 7.76. The minimum Gasteiger partial charge on any atom is -0.494 e. The average molecular weight is 381 g/mol. The lowest BCUT2D eigenvalue weighted by atomic mass is 9.94. The molecule has 0 amide bonds. The van der Waals surface area contributed by atoms with Crippen LogP contribution in [0.15, 0.2) is 54.6 Å². The maximum Gasteiger partial charge on any atom is 0.119 e. The minimum absolute atomic E-state index is 0.164. The highest BCUT2D eigenvalue weighted by Gasteiger charge is 2.25. The first-order valence-electron chi connectivity index (χ1n) is 9.52. The molecule has 2 heterocycles. The molecule has 0 bridgehead atoms. The molecule has 0 saturated heterocycles. The second kappa shape index (κ2) is 7.79. The monoisotopic (exact) mass is 380 g/mol. The van der Waals surface area contributed by atoms with Crippen molar-refractivity contribution in [3.8, 4) is 5.75 Å². The standard InChI is InChI=1S/C23H25ClN2O/c1-15(2)4-3-13-27-18-8-5-16(6-9-18)22-23-19(11-12-25-22)20-14-17(24)7-10-21(20)26-23/h5-10,14,22,25-26H,1,3-4,11-13H2,2H3. The molecule has 0 spiro atoms.